The van der Waals surface area contributed by atoms with Gasteiger partial charge in [-0.05, 0) is 32.1 Å². The van der Waals surface area contributed by atoms with E-state index in [0.717, 1.165) is 19.3 Å². The molecule has 17 heavy (non-hydrogen) atoms. The molecular weight excluding hydrogens is 216 g/mol. The molecule has 0 aromatic heterocycles. The van der Waals surface area contributed by atoms with Crippen LogP contribution in [0.1, 0.15) is 46.0 Å². The number of allylic oxidation sites excluding steroid dienone is 2. The van der Waals surface area contributed by atoms with Crippen molar-refractivity contribution >= 4 is 11.8 Å². The number of ketones is 1. The lowest BCUT2D eigenvalue weighted by atomic mass is 9.89. The first-order valence-corrected chi connectivity index (χ1v) is 6.52. The molecule has 1 saturated carbocycles. The number of hydrogen-bond donors (Lipinski definition) is 0. The second-order valence-electron chi connectivity index (χ2n) is 4.50. The smallest absolute Gasteiger partial charge is 0.306 e. The van der Waals surface area contributed by atoms with Crippen LogP contribution in [0.4, 0.5) is 0 Å². The molecule has 0 spiro atoms. The van der Waals surface area contributed by atoms with Gasteiger partial charge in [-0.25, -0.2) is 0 Å². The van der Waals surface area contributed by atoms with Crippen LogP contribution < -0.4 is 0 Å². The van der Waals surface area contributed by atoms with Crippen LogP contribution in [0, 0.1) is 11.8 Å². The zero-order valence-electron chi connectivity index (χ0n) is 10.8. The van der Waals surface area contributed by atoms with E-state index in [1.165, 1.54) is 0 Å². The Labute approximate surface area is 103 Å². The summed E-state index contributed by atoms with van der Waals surface area (Å²) in [5.74, 6) is 0.349. The summed E-state index contributed by atoms with van der Waals surface area (Å²) < 4.78 is 4.94. The second-order valence-corrected chi connectivity index (χ2v) is 4.50. The van der Waals surface area contributed by atoms with Crippen LogP contribution in [0.15, 0.2) is 12.2 Å². The van der Waals surface area contributed by atoms with E-state index >= 15 is 0 Å². The van der Waals surface area contributed by atoms with E-state index in [2.05, 4.69) is 19.1 Å². The molecule has 0 amide bonds. The van der Waals surface area contributed by atoms with Crippen LogP contribution in [0.2, 0.25) is 0 Å². The molecule has 1 fully saturated rings. The summed E-state index contributed by atoms with van der Waals surface area (Å²) in [5.41, 5.74) is 0. The van der Waals surface area contributed by atoms with Gasteiger partial charge in [0, 0.05) is 18.8 Å². The fourth-order valence-corrected chi connectivity index (χ4v) is 2.39. The summed E-state index contributed by atoms with van der Waals surface area (Å²) in [4.78, 5) is 23.2. The maximum absolute atomic E-state index is 11.7. The Morgan fingerprint density at radius 1 is 1.41 bits per heavy atom. The van der Waals surface area contributed by atoms with Crippen molar-refractivity contribution < 1.29 is 14.3 Å². The van der Waals surface area contributed by atoms with E-state index in [4.69, 9.17) is 4.74 Å². The normalized spacial score (nSPS) is 24.5. The average Bonchev–Trinajstić information content (AvgIpc) is 2.62. The molecule has 0 bridgehead atoms. The summed E-state index contributed by atoms with van der Waals surface area (Å²) >= 11 is 0. The van der Waals surface area contributed by atoms with Crippen LogP contribution in [0.3, 0.4) is 0 Å². The van der Waals surface area contributed by atoms with Crippen molar-refractivity contribution in [3.05, 3.63) is 12.2 Å². The highest BCUT2D eigenvalue weighted by molar-refractivity contribution is 5.84. The number of esters is 1. The second kappa shape index (κ2) is 7.25. The van der Waals surface area contributed by atoms with Gasteiger partial charge < -0.3 is 4.74 Å². The van der Waals surface area contributed by atoms with Crippen molar-refractivity contribution in [2.45, 2.75) is 46.0 Å². The first-order valence-electron chi connectivity index (χ1n) is 6.52. The molecule has 1 rings (SSSR count). The molecule has 0 N–H and O–H groups in total. The molecule has 96 valence electrons. The molecule has 3 heteroatoms. The minimum atomic E-state index is -0.170. The Balaban J connectivity index is 2.49. The molecule has 2 unspecified atom stereocenters. The average molecular weight is 238 g/mol. The highest BCUT2D eigenvalue weighted by Gasteiger charge is 2.35. The molecule has 3 nitrogen and oxygen atoms in total. The Morgan fingerprint density at radius 3 is 2.82 bits per heavy atom. The van der Waals surface area contributed by atoms with E-state index in [1.54, 1.807) is 6.92 Å². The third-order valence-corrected chi connectivity index (χ3v) is 3.27. The number of ether oxygens (including phenoxy) is 1. The standard InChI is InChI=1S/C14H22O3/c1-3-5-6-7-12-11(8-9-13(12)15)10-14(16)17-4-2/h5-6,11-12H,3-4,7-10H2,1-2H3/b6-5-. The number of carbonyl (C=O) groups excluding carboxylic acids is 2. The lowest BCUT2D eigenvalue weighted by Gasteiger charge is -2.15. The molecular formula is C14H22O3. The SMILES string of the molecule is CC/C=C\CC1C(=O)CCC1CC(=O)OCC. The zero-order valence-corrected chi connectivity index (χ0v) is 10.8. The summed E-state index contributed by atoms with van der Waals surface area (Å²) in [6, 6.07) is 0. The molecule has 0 heterocycles. The minimum Gasteiger partial charge on any atom is -0.466 e. The lowest BCUT2D eigenvalue weighted by molar-refractivity contribution is -0.144. The van der Waals surface area contributed by atoms with Gasteiger partial charge in [0.25, 0.3) is 0 Å². The van der Waals surface area contributed by atoms with Gasteiger partial charge in [0.2, 0.25) is 0 Å². The van der Waals surface area contributed by atoms with Gasteiger partial charge in [0.15, 0.2) is 0 Å². The monoisotopic (exact) mass is 238 g/mol. The van der Waals surface area contributed by atoms with Crippen molar-refractivity contribution in [1.29, 1.82) is 0 Å². The highest BCUT2D eigenvalue weighted by atomic mass is 16.5. The van der Waals surface area contributed by atoms with Crippen LogP contribution in [-0.4, -0.2) is 18.4 Å². The zero-order chi connectivity index (χ0) is 12.7. The van der Waals surface area contributed by atoms with E-state index < -0.39 is 0 Å². The Kier molecular flexibility index (Phi) is 5.95. The first-order chi connectivity index (χ1) is 8.19. The van der Waals surface area contributed by atoms with E-state index in [0.29, 0.717) is 25.2 Å². The van der Waals surface area contributed by atoms with Crippen LogP contribution >= 0.6 is 0 Å². The van der Waals surface area contributed by atoms with Gasteiger partial charge in [0.1, 0.15) is 5.78 Å². The Morgan fingerprint density at radius 2 is 2.18 bits per heavy atom. The van der Waals surface area contributed by atoms with Crippen molar-refractivity contribution in [2.24, 2.45) is 11.8 Å². The summed E-state index contributed by atoms with van der Waals surface area (Å²) in [5, 5.41) is 0. The Bertz CT molecular complexity index is 294. The van der Waals surface area contributed by atoms with Gasteiger partial charge >= 0.3 is 5.97 Å². The summed E-state index contributed by atoms with van der Waals surface area (Å²) in [7, 11) is 0. The first kappa shape index (κ1) is 13.9. The quantitative estimate of drug-likeness (QED) is 0.528. The maximum atomic E-state index is 11.7. The number of carbonyl (C=O) groups is 2. The van der Waals surface area contributed by atoms with Gasteiger partial charge in [-0.3, -0.25) is 9.59 Å². The highest BCUT2D eigenvalue weighted by Crippen LogP contribution is 2.34. The van der Waals surface area contributed by atoms with Crippen molar-refractivity contribution in [1.82, 2.24) is 0 Å². The Hall–Kier alpha value is -1.12. The molecule has 0 aromatic carbocycles. The maximum Gasteiger partial charge on any atom is 0.306 e. The molecule has 2 atom stereocenters. The van der Waals surface area contributed by atoms with E-state index in [-0.39, 0.29) is 17.8 Å². The summed E-state index contributed by atoms with van der Waals surface area (Å²) in [6.45, 7) is 4.29. The minimum absolute atomic E-state index is 0.0298. The number of hydrogen-bond acceptors (Lipinski definition) is 3. The van der Waals surface area contributed by atoms with E-state index in [9.17, 15) is 9.59 Å². The van der Waals surface area contributed by atoms with Gasteiger partial charge in [-0.1, -0.05) is 19.1 Å². The van der Waals surface area contributed by atoms with Gasteiger partial charge in [-0.15, -0.1) is 0 Å². The molecule has 1 aliphatic carbocycles. The van der Waals surface area contributed by atoms with Crippen molar-refractivity contribution in [3.8, 4) is 0 Å². The van der Waals surface area contributed by atoms with Gasteiger partial charge in [0.05, 0.1) is 6.61 Å². The fourth-order valence-electron chi connectivity index (χ4n) is 2.39. The van der Waals surface area contributed by atoms with Crippen molar-refractivity contribution in [2.75, 3.05) is 6.61 Å². The molecule has 0 aromatic rings. The van der Waals surface area contributed by atoms with Crippen LogP contribution in [0.5, 0.6) is 0 Å². The van der Waals surface area contributed by atoms with Crippen molar-refractivity contribution in [3.63, 3.8) is 0 Å². The number of rotatable bonds is 6. The predicted molar refractivity (Wildman–Crippen MR) is 66.5 cm³/mol. The number of Topliss-reactive ketones (excluding diaryl/α,β-unsaturated/α-hetero) is 1. The third kappa shape index (κ3) is 4.33. The molecule has 0 radical (unpaired) electrons. The third-order valence-electron chi connectivity index (χ3n) is 3.27. The fraction of sp³-hybridized carbons (Fsp3) is 0.714. The largest absolute Gasteiger partial charge is 0.466 e. The van der Waals surface area contributed by atoms with Crippen LogP contribution in [0.25, 0.3) is 0 Å². The lowest BCUT2D eigenvalue weighted by Crippen LogP contribution is -2.18. The molecule has 1 aliphatic rings. The molecule has 0 saturated heterocycles. The molecule has 0 aliphatic heterocycles. The predicted octanol–water partition coefficient (Wildman–Crippen LogP) is 2.89. The van der Waals surface area contributed by atoms with Crippen LogP contribution in [-0.2, 0) is 14.3 Å². The van der Waals surface area contributed by atoms with Gasteiger partial charge in [-0.2, -0.15) is 0 Å². The summed E-state index contributed by atoms with van der Waals surface area (Å²) in [6.07, 6.45) is 7.75. The van der Waals surface area contributed by atoms with E-state index in [1.807, 2.05) is 0 Å². The topological polar surface area (TPSA) is 43.4 Å².